The number of rotatable bonds is 3. The highest BCUT2D eigenvalue weighted by molar-refractivity contribution is 5.88. The minimum Gasteiger partial charge on any atom is -0.261 e. The van der Waals surface area contributed by atoms with Gasteiger partial charge >= 0.3 is 6.18 Å². The molecule has 7 nitrogen and oxygen atoms in total. The van der Waals surface area contributed by atoms with Crippen molar-refractivity contribution in [1.82, 2.24) is 34.7 Å². The number of benzene rings is 1. The summed E-state index contributed by atoms with van der Waals surface area (Å²) in [6, 6.07) is 5.93. The highest BCUT2D eigenvalue weighted by Gasteiger charge is 2.31. The van der Waals surface area contributed by atoms with Crippen molar-refractivity contribution >= 4 is 11.2 Å². The largest absolute Gasteiger partial charge is 0.416 e. The van der Waals surface area contributed by atoms with Gasteiger partial charge in [-0.15, -0.1) is 0 Å². The van der Waals surface area contributed by atoms with Gasteiger partial charge in [0, 0.05) is 23.7 Å². The Hall–Kier alpha value is -4.28. The molecule has 0 radical (unpaired) electrons. The van der Waals surface area contributed by atoms with Crippen molar-refractivity contribution in [1.29, 1.82) is 0 Å². The lowest BCUT2D eigenvalue weighted by Gasteiger charge is -2.12. The molecule has 0 aliphatic heterocycles. The smallest absolute Gasteiger partial charge is 0.261 e. The van der Waals surface area contributed by atoms with Crippen LogP contribution in [0, 0.1) is 26.6 Å². The number of pyridine rings is 1. The first-order valence-corrected chi connectivity index (χ1v) is 10.5. The molecule has 0 aliphatic rings. The lowest BCUT2D eigenvalue weighted by molar-refractivity contribution is -0.137. The van der Waals surface area contributed by atoms with Crippen molar-refractivity contribution in [3.63, 3.8) is 0 Å². The minimum atomic E-state index is -4.67. The molecule has 0 atom stereocenters. The number of hydrogen-bond donors (Lipinski definition) is 0. The second kappa shape index (κ2) is 8.19. The molecular formula is C24H17F4N7. The van der Waals surface area contributed by atoms with Gasteiger partial charge in [-0.3, -0.25) is 4.98 Å². The summed E-state index contributed by atoms with van der Waals surface area (Å²) in [5.41, 5.74) is 2.47. The van der Waals surface area contributed by atoms with Crippen LogP contribution < -0.4 is 0 Å². The van der Waals surface area contributed by atoms with Crippen molar-refractivity contribution in [3.8, 4) is 28.3 Å². The van der Waals surface area contributed by atoms with Gasteiger partial charge in [-0.1, -0.05) is 0 Å². The molecule has 5 rings (SSSR count). The number of alkyl halides is 3. The fourth-order valence-corrected chi connectivity index (χ4v) is 3.57. The molecule has 0 spiro atoms. The third-order valence-electron chi connectivity index (χ3n) is 5.48. The maximum Gasteiger partial charge on any atom is 0.416 e. The molecule has 4 aromatic heterocycles. The average Bonchev–Trinajstić information content (AvgIpc) is 3.29. The maximum atomic E-state index is 14.9. The van der Waals surface area contributed by atoms with Crippen LogP contribution in [0.5, 0.6) is 0 Å². The van der Waals surface area contributed by atoms with Gasteiger partial charge in [-0.25, -0.2) is 29.0 Å². The van der Waals surface area contributed by atoms with E-state index in [-0.39, 0.29) is 28.2 Å². The van der Waals surface area contributed by atoms with E-state index in [4.69, 9.17) is 0 Å². The minimum absolute atomic E-state index is 0.0410. The van der Waals surface area contributed by atoms with E-state index in [0.717, 1.165) is 23.5 Å². The standard InChI is InChI=1S/C24H17F4N7/c1-12-8-17(6-7-29-12)35-11-15(10-30-35)22-33-20(21-23(34-22)32-14(3)13(2)31-21)18-5-4-16(9-19(18)25)24(26,27)28/h4-11H,1-3H3. The van der Waals surface area contributed by atoms with Crippen LogP contribution in [0.4, 0.5) is 17.6 Å². The summed E-state index contributed by atoms with van der Waals surface area (Å²) < 4.78 is 55.8. The van der Waals surface area contributed by atoms with Crippen molar-refractivity contribution in [3.05, 3.63) is 77.4 Å². The van der Waals surface area contributed by atoms with Crippen LogP contribution in [0.25, 0.3) is 39.5 Å². The zero-order valence-corrected chi connectivity index (χ0v) is 18.8. The van der Waals surface area contributed by atoms with Crippen LogP contribution in [-0.2, 0) is 6.18 Å². The third-order valence-corrected chi connectivity index (χ3v) is 5.48. The molecule has 0 fully saturated rings. The monoisotopic (exact) mass is 479 g/mol. The third kappa shape index (κ3) is 4.20. The fourth-order valence-electron chi connectivity index (χ4n) is 3.57. The molecule has 0 bridgehead atoms. The Balaban J connectivity index is 1.70. The Labute approximate surface area is 196 Å². The SMILES string of the molecule is Cc1cc(-n2cc(-c3nc(-c4ccc(C(F)(F)F)cc4F)c4nc(C)c(C)nc4n3)cn2)ccn1. The Bertz CT molecular complexity index is 1590. The van der Waals surface area contributed by atoms with Crippen molar-refractivity contribution < 1.29 is 17.6 Å². The highest BCUT2D eigenvalue weighted by atomic mass is 19.4. The van der Waals surface area contributed by atoms with E-state index in [1.54, 1.807) is 37.0 Å². The van der Waals surface area contributed by atoms with Crippen LogP contribution in [0.3, 0.4) is 0 Å². The van der Waals surface area contributed by atoms with Gasteiger partial charge in [0.15, 0.2) is 11.5 Å². The predicted octanol–water partition coefficient (Wildman–Crippen LogP) is 5.42. The van der Waals surface area contributed by atoms with Crippen LogP contribution in [-0.4, -0.2) is 34.7 Å². The summed E-state index contributed by atoms with van der Waals surface area (Å²) in [6.45, 7) is 5.34. The molecule has 0 unspecified atom stereocenters. The predicted molar refractivity (Wildman–Crippen MR) is 120 cm³/mol. The fraction of sp³-hybridized carbons (Fsp3) is 0.167. The van der Waals surface area contributed by atoms with E-state index in [1.165, 1.54) is 6.20 Å². The summed E-state index contributed by atoms with van der Waals surface area (Å²) >= 11 is 0. The lowest BCUT2D eigenvalue weighted by atomic mass is 10.1. The van der Waals surface area contributed by atoms with Crippen LogP contribution >= 0.6 is 0 Å². The molecule has 11 heteroatoms. The van der Waals surface area contributed by atoms with Crippen molar-refractivity contribution in [2.24, 2.45) is 0 Å². The number of halogens is 4. The molecule has 0 saturated carbocycles. The topological polar surface area (TPSA) is 82.3 Å². The van der Waals surface area contributed by atoms with Crippen molar-refractivity contribution in [2.45, 2.75) is 26.9 Å². The molecule has 35 heavy (non-hydrogen) atoms. The molecule has 0 N–H and O–H groups in total. The second-order valence-corrected chi connectivity index (χ2v) is 7.98. The van der Waals surface area contributed by atoms with Gasteiger partial charge in [-0.05, 0) is 51.1 Å². The van der Waals surface area contributed by atoms with Gasteiger partial charge in [0.1, 0.15) is 17.0 Å². The Morgan fingerprint density at radius 2 is 1.66 bits per heavy atom. The first kappa shape index (κ1) is 22.5. The van der Waals surface area contributed by atoms with E-state index < -0.39 is 17.6 Å². The number of nitrogens with zero attached hydrogens (tertiary/aromatic N) is 7. The summed E-state index contributed by atoms with van der Waals surface area (Å²) in [4.78, 5) is 22.1. The lowest BCUT2D eigenvalue weighted by Crippen LogP contribution is -2.06. The van der Waals surface area contributed by atoms with Gasteiger partial charge < -0.3 is 0 Å². The van der Waals surface area contributed by atoms with E-state index in [9.17, 15) is 17.6 Å². The van der Waals surface area contributed by atoms with Gasteiger partial charge in [-0.2, -0.15) is 18.3 Å². The van der Waals surface area contributed by atoms with Crippen LogP contribution in [0.15, 0.2) is 48.9 Å². The first-order chi connectivity index (χ1) is 16.6. The number of aromatic nitrogens is 7. The number of hydrogen-bond acceptors (Lipinski definition) is 6. The average molecular weight is 479 g/mol. The molecule has 5 aromatic rings. The summed E-state index contributed by atoms with van der Waals surface area (Å²) in [5.74, 6) is -0.893. The van der Waals surface area contributed by atoms with Gasteiger partial charge in [0.05, 0.1) is 34.4 Å². The van der Waals surface area contributed by atoms with E-state index in [1.807, 2.05) is 13.0 Å². The Kier molecular flexibility index (Phi) is 5.27. The van der Waals surface area contributed by atoms with Crippen molar-refractivity contribution in [2.75, 3.05) is 0 Å². The first-order valence-electron chi connectivity index (χ1n) is 10.5. The quantitative estimate of drug-likeness (QED) is 0.322. The molecule has 4 heterocycles. The highest BCUT2D eigenvalue weighted by Crippen LogP contribution is 2.34. The second-order valence-electron chi connectivity index (χ2n) is 7.98. The maximum absolute atomic E-state index is 14.9. The summed E-state index contributed by atoms with van der Waals surface area (Å²) in [6.07, 6.45) is 0.214. The zero-order valence-electron chi connectivity index (χ0n) is 18.8. The number of fused-ring (bicyclic) bond motifs is 1. The van der Waals surface area contributed by atoms with E-state index in [0.29, 0.717) is 23.0 Å². The summed E-state index contributed by atoms with van der Waals surface area (Å²) in [7, 11) is 0. The molecule has 1 aromatic carbocycles. The Morgan fingerprint density at radius 1 is 0.886 bits per heavy atom. The Morgan fingerprint density at radius 3 is 2.37 bits per heavy atom. The molecule has 176 valence electrons. The molecule has 0 amide bonds. The molecule has 0 saturated heterocycles. The van der Waals surface area contributed by atoms with E-state index >= 15 is 0 Å². The molecular weight excluding hydrogens is 462 g/mol. The van der Waals surface area contributed by atoms with Crippen LogP contribution in [0.2, 0.25) is 0 Å². The zero-order chi connectivity index (χ0) is 24.9. The summed E-state index contributed by atoms with van der Waals surface area (Å²) in [5, 5.41) is 4.35. The normalized spacial score (nSPS) is 11.9. The van der Waals surface area contributed by atoms with Crippen LogP contribution in [0.1, 0.15) is 22.6 Å². The van der Waals surface area contributed by atoms with Gasteiger partial charge in [0.25, 0.3) is 0 Å². The van der Waals surface area contributed by atoms with E-state index in [2.05, 4.69) is 30.0 Å². The molecule has 0 aliphatic carbocycles. The van der Waals surface area contributed by atoms with Gasteiger partial charge in [0.2, 0.25) is 0 Å². The number of aryl methyl sites for hydroxylation is 3.